The number of primary sulfonamides is 1. The predicted molar refractivity (Wildman–Crippen MR) is 66.9 cm³/mol. The van der Waals surface area contributed by atoms with E-state index in [0.717, 1.165) is 18.4 Å². The van der Waals surface area contributed by atoms with E-state index in [2.05, 4.69) is 15.3 Å². The highest BCUT2D eigenvalue weighted by atomic mass is 32.2. The molecule has 0 saturated heterocycles. The monoisotopic (exact) mass is 259 g/mol. The summed E-state index contributed by atoms with van der Waals surface area (Å²) in [7, 11) is -3.47. The van der Waals surface area contributed by atoms with Gasteiger partial charge in [0.2, 0.25) is 10.0 Å². The largest absolute Gasteiger partial charge is 0.383 e. The smallest absolute Gasteiger partial charge is 0.210 e. The summed E-state index contributed by atoms with van der Waals surface area (Å²) < 4.78 is 21.6. The van der Waals surface area contributed by atoms with Crippen molar-refractivity contribution < 1.29 is 8.42 Å². The molecule has 17 heavy (non-hydrogen) atoms. The molecule has 0 aliphatic carbocycles. The van der Waals surface area contributed by atoms with Crippen molar-refractivity contribution in [1.29, 1.82) is 0 Å². The number of nitrogens with one attached hydrogen (secondary N) is 1. The Balaban J connectivity index is 2.73. The summed E-state index contributed by atoms with van der Waals surface area (Å²) in [5.41, 5.74) is 6.54. The van der Waals surface area contributed by atoms with Crippen LogP contribution < -0.4 is 16.2 Å². The molecular formula is C9H17N5O2S. The predicted octanol–water partition coefficient (Wildman–Crippen LogP) is -0.288. The van der Waals surface area contributed by atoms with Gasteiger partial charge < -0.3 is 11.1 Å². The summed E-state index contributed by atoms with van der Waals surface area (Å²) in [5, 5.41) is 7.81. The van der Waals surface area contributed by atoms with E-state index in [9.17, 15) is 8.42 Å². The molecule has 1 rings (SSSR count). The van der Waals surface area contributed by atoms with Gasteiger partial charge in [0, 0.05) is 12.1 Å². The highest BCUT2D eigenvalue weighted by molar-refractivity contribution is 7.89. The first-order chi connectivity index (χ1) is 7.94. The number of sulfonamides is 1. The molecule has 0 saturated carbocycles. The fraction of sp³-hybridized carbons (Fsp3) is 0.556. The lowest BCUT2D eigenvalue weighted by atomic mass is 10.1. The van der Waals surface area contributed by atoms with Crippen molar-refractivity contribution in [3.05, 3.63) is 11.9 Å². The van der Waals surface area contributed by atoms with Gasteiger partial charge in [-0.3, -0.25) is 0 Å². The van der Waals surface area contributed by atoms with Gasteiger partial charge in [0.05, 0.1) is 5.75 Å². The molecule has 0 aliphatic rings. The molecule has 5 N–H and O–H groups in total. The van der Waals surface area contributed by atoms with Crippen LogP contribution in [-0.4, -0.2) is 30.7 Å². The second kappa shape index (κ2) is 5.78. The standard InChI is InChI=1S/C9H17N5O2S/c1-2-3-7-8(10)13-6-14-9(7)12-4-5-17(11,15)16/h6H,2-5H2,1H3,(H2,11,15,16)(H3,10,12,13,14). The van der Waals surface area contributed by atoms with Gasteiger partial charge in [-0.2, -0.15) is 0 Å². The molecule has 0 bridgehead atoms. The minimum absolute atomic E-state index is 0.150. The zero-order valence-electron chi connectivity index (χ0n) is 9.68. The second-order valence-corrected chi connectivity index (χ2v) is 5.36. The SMILES string of the molecule is CCCc1c(N)ncnc1NCCS(N)(=O)=O. The number of nitrogen functional groups attached to an aromatic ring is 1. The van der Waals surface area contributed by atoms with Crippen LogP contribution in [-0.2, 0) is 16.4 Å². The Morgan fingerprint density at radius 3 is 2.71 bits per heavy atom. The van der Waals surface area contributed by atoms with Gasteiger partial charge in [-0.25, -0.2) is 23.5 Å². The van der Waals surface area contributed by atoms with Crippen LogP contribution in [0.2, 0.25) is 0 Å². The average molecular weight is 259 g/mol. The first-order valence-corrected chi connectivity index (χ1v) is 6.99. The quantitative estimate of drug-likeness (QED) is 0.645. The van der Waals surface area contributed by atoms with Crippen LogP contribution in [0.1, 0.15) is 18.9 Å². The number of hydrogen-bond donors (Lipinski definition) is 3. The summed E-state index contributed by atoms with van der Waals surface area (Å²) in [5.74, 6) is 0.839. The molecule has 8 heteroatoms. The molecule has 0 aliphatic heterocycles. The Bertz CT molecular complexity index is 474. The average Bonchev–Trinajstić information content (AvgIpc) is 2.21. The highest BCUT2D eigenvalue weighted by Crippen LogP contribution is 2.18. The van der Waals surface area contributed by atoms with Crippen LogP contribution in [0.5, 0.6) is 0 Å². The van der Waals surface area contributed by atoms with Crippen LogP contribution in [0.3, 0.4) is 0 Å². The second-order valence-electron chi connectivity index (χ2n) is 3.63. The molecule has 0 unspecified atom stereocenters. The summed E-state index contributed by atoms with van der Waals surface area (Å²) >= 11 is 0. The van der Waals surface area contributed by atoms with Gasteiger partial charge in [-0.15, -0.1) is 0 Å². The number of anilines is 2. The molecule has 0 fully saturated rings. The third kappa shape index (κ3) is 4.53. The molecule has 1 aromatic rings. The highest BCUT2D eigenvalue weighted by Gasteiger charge is 2.09. The van der Waals surface area contributed by atoms with Gasteiger partial charge in [-0.05, 0) is 6.42 Å². The molecule has 1 heterocycles. The number of nitrogens with zero attached hydrogens (tertiary/aromatic N) is 2. The van der Waals surface area contributed by atoms with E-state index in [-0.39, 0.29) is 12.3 Å². The lowest BCUT2D eigenvalue weighted by Crippen LogP contribution is -2.23. The van der Waals surface area contributed by atoms with E-state index in [1.54, 1.807) is 0 Å². The van der Waals surface area contributed by atoms with Crippen molar-refractivity contribution >= 4 is 21.7 Å². The molecule has 0 radical (unpaired) electrons. The van der Waals surface area contributed by atoms with Gasteiger partial charge in [0.25, 0.3) is 0 Å². The maximum absolute atomic E-state index is 10.8. The zero-order valence-corrected chi connectivity index (χ0v) is 10.5. The summed E-state index contributed by atoms with van der Waals surface area (Å²) in [6.45, 7) is 2.21. The number of aromatic nitrogens is 2. The van der Waals surface area contributed by atoms with E-state index in [1.807, 2.05) is 6.92 Å². The number of rotatable bonds is 6. The summed E-state index contributed by atoms with van der Waals surface area (Å²) in [6, 6.07) is 0. The summed E-state index contributed by atoms with van der Waals surface area (Å²) in [6.07, 6.45) is 2.99. The first-order valence-electron chi connectivity index (χ1n) is 5.27. The third-order valence-corrected chi connectivity index (χ3v) is 2.93. The van der Waals surface area contributed by atoms with Crippen molar-refractivity contribution in [2.75, 3.05) is 23.3 Å². The summed E-state index contributed by atoms with van der Waals surface area (Å²) in [4.78, 5) is 7.94. The normalized spacial score (nSPS) is 11.4. The molecule has 0 aromatic carbocycles. The van der Waals surface area contributed by atoms with E-state index in [4.69, 9.17) is 10.9 Å². The molecular weight excluding hydrogens is 242 g/mol. The molecule has 0 atom stereocenters. The van der Waals surface area contributed by atoms with Crippen LogP contribution >= 0.6 is 0 Å². The minimum atomic E-state index is -3.47. The molecule has 96 valence electrons. The van der Waals surface area contributed by atoms with Gasteiger partial charge >= 0.3 is 0 Å². The molecule has 1 aromatic heterocycles. The fourth-order valence-electron chi connectivity index (χ4n) is 1.39. The van der Waals surface area contributed by atoms with E-state index >= 15 is 0 Å². The van der Waals surface area contributed by atoms with Crippen molar-refractivity contribution in [3.63, 3.8) is 0 Å². The lowest BCUT2D eigenvalue weighted by Gasteiger charge is -2.11. The first kappa shape index (κ1) is 13.7. The fourth-order valence-corrected chi connectivity index (χ4v) is 1.77. The van der Waals surface area contributed by atoms with Crippen LogP contribution in [0.25, 0.3) is 0 Å². The van der Waals surface area contributed by atoms with E-state index < -0.39 is 10.0 Å². The Hall–Kier alpha value is -1.41. The van der Waals surface area contributed by atoms with Crippen molar-refractivity contribution in [3.8, 4) is 0 Å². The maximum atomic E-state index is 10.8. The van der Waals surface area contributed by atoms with Gasteiger partial charge in [0.15, 0.2) is 0 Å². The Kier molecular flexibility index (Phi) is 4.64. The Morgan fingerprint density at radius 2 is 2.12 bits per heavy atom. The van der Waals surface area contributed by atoms with Crippen molar-refractivity contribution in [1.82, 2.24) is 9.97 Å². The number of hydrogen-bond acceptors (Lipinski definition) is 6. The zero-order chi connectivity index (χ0) is 12.9. The van der Waals surface area contributed by atoms with Crippen molar-refractivity contribution in [2.24, 2.45) is 5.14 Å². The van der Waals surface area contributed by atoms with E-state index in [0.29, 0.717) is 11.6 Å². The molecule has 0 spiro atoms. The van der Waals surface area contributed by atoms with Gasteiger partial charge in [-0.1, -0.05) is 13.3 Å². The topological polar surface area (TPSA) is 124 Å². The number of nitrogens with two attached hydrogens (primary N) is 2. The Labute approximate surface area is 101 Å². The maximum Gasteiger partial charge on any atom is 0.210 e. The van der Waals surface area contributed by atoms with Crippen LogP contribution in [0.4, 0.5) is 11.6 Å². The van der Waals surface area contributed by atoms with Crippen LogP contribution in [0, 0.1) is 0 Å². The van der Waals surface area contributed by atoms with E-state index in [1.165, 1.54) is 6.33 Å². The third-order valence-electron chi connectivity index (χ3n) is 2.16. The van der Waals surface area contributed by atoms with Crippen LogP contribution in [0.15, 0.2) is 6.33 Å². The Morgan fingerprint density at radius 1 is 1.41 bits per heavy atom. The van der Waals surface area contributed by atoms with Crippen molar-refractivity contribution in [2.45, 2.75) is 19.8 Å². The minimum Gasteiger partial charge on any atom is -0.383 e. The van der Waals surface area contributed by atoms with Gasteiger partial charge in [0.1, 0.15) is 18.0 Å². The molecule has 0 amide bonds. The lowest BCUT2D eigenvalue weighted by molar-refractivity contribution is 0.598. The molecule has 7 nitrogen and oxygen atoms in total.